The predicted molar refractivity (Wildman–Crippen MR) is 95.2 cm³/mol. The molecule has 0 bridgehead atoms. The van der Waals surface area contributed by atoms with E-state index >= 15 is 0 Å². The van der Waals surface area contributed by atoms with Crippen molar-refractivity contribution in [3.05, 3.63) is 52.4 Å². The number of rotatable bonds is 2. The quantitative estimate of drug-likeness (QED) is 0.630. The molecule has 0 nitrogen and oxygen atoms in total. The first-order valence-electron chi connectivity index (χ1n) is 8.09. The molecule has 0 aromatic heterocycles. The first-order valence-corrected chi connectivity index (χ1v) is 8.97. The molecule has 1 aliphatic carbocycles. The van der Waals surface area contributed by atoms with Crippen molar-refractivity contribution >= 4 is 17.3 Å². The molecule has 2 atom stereocenters. The lowest BCUT2D eigenvalue weighted by atomic mass is 9.66. The summed E-state index contributed by atoms with van der Waals surface area (Å²) in [5, 5.41) is 0.715. The zero-order valence-corrected chi connectivity index (χ0v) is 14.6. The summed E-state index contributed by atoms with van der Waals surface area (Å²) < 4.78 is 0. The van der Waals surface area contributed by atoms with Crippen LogP contribution < -0.4 is 0 Å². The van der Waals surface area contributed by atoms with E-state index in [2.05, 4.69) is 82.8 Å². The lowest BCUT2D eigenvalue weighted by Crippen LogP contribution is -2.31. The minimum atomic E-state index is 0.275. The van der Waals surface area contributed by atoms with Crippen LogP contribution in [0.2, 0.25) is 0 Å². The third-order valence-corrected chi connectivity index (χ3v) is 6.55. The normalized spacial score (nSPS) is 27.8. The molecular formula is C20H26S. The Morgan fingerprint density at radius 1 is 1.14 bits per heavy atom. The van der Waals surface area contributed by atoms with E-state index in [1.54, 1.807) is 10.5 Å². The molecule has 3 rings (SSSR count). The number of hydrogen-bond donors (Lipinski definition) is 0. The van der Waals surface area contributed by atoms with Gasteiger partial charge < -0.3 is 0 Å². The van der Waals surface area contributed by atoms with Gasteiger partial charge in [0.2, 0.25) is 0 Å². The first kappa shape index (κ1) is 15.0. The molecule has 0 radical (unpaired) electrons. The van der Waals surface area contributed by atoms with Crippen LogP contribution >= 0.6 is 11.8 Å². The van der Waals surface area contributed by atoms with Crippen molar-refractivity contribution < 1.29 is 0 Å². The summed E-state index contributed by atoms with van der Waals surface area (Å²) in [5.74, 6) is 1.29. The van der Waals surface area contributed by atoms with Gasteiger partial charge in [-0.2, -0.15) is 0 Å². The van der Waals surface area contributed by atoms with Crippen LogP contribution in [0.5, 0.6) is 0 Å². The van der Waals surface area contributed by atoms with E-state index in [0.29, 0.717) is 17.1 Å². The fraction of sp³-hybridized carbons (Fsp3) is 0.500. The SMILES string of the molecule is CC1CC2=C(S1)C(C)(C)C(C(C)C)C=C2c1ccccc1. The van der Waals surface area contributed by atoms with Gasteiger partial charge in [0.15, 0.2) is 0 Å². The van der Waals surface area contributed by atoms with E-state index < -0.39 is 0 Å². The Hall–Kier alpha value is -0.950. The third-order valence-electron chi connectivity index (χ3n) is 4.98. The van der Waals surface area contributed by atoms with Gasteiger partial charge in [0, 0.05) is 10.7 Å². The van der Waals surface area contributed by atoms with Crippen LogP contribution in [0.25, 0.3) is 5.57 Å². The molecule has 1 aromatic carbocycles. The summed E-state index contributed by atoms with van der Waals surface area (Å²) in [4.78, 5) is 1.65. The molecule has 2 aliphatic rings. The average Bonchev–Trinajstić information content (AvgIpc) is 2.82. The highest BCUT2D eigenvalue weighted by molar-refractivity contribution is 8.04. The van der Waals surface area contributed by atoms with Crippen LogP contribution in [0.3, 0.4) is 0 Å². The van der Waals surface area contributed by atoms with Crippen LogP contribution in [0.4, 0.5) is 0 Å². The van der Waals surface area contributed by atoms with Gasteiger partial charge >= 0.3 is 0 Å². The van der Waals surface area contributed by atoms with Crippen molar-refractivity contribution in [1.29, 1.82) is 0 Å². The Morgan fingerprint density at radius 3 is 2.43 bits per heavy atom. The lowest BCUT2D eigenvalue weighted by molar-refractivity contribution is 0.259. The third kappa shape index (κ3) is 2.50. The standard InChI is InChI=1S/C20H26S/c1-13(2)18-12-16(15-9-7-6-8-10-15)17-11-14(3)21-19(17)20(18,4)5/h6-10,12-14,18H,11H2,1-5H3. The zero-order chi connectivity index (χ0) is 15.2. The smallest absolute Gasteiger partial charge is 0.0104 e. The van der Waals surface area contributed by atoms with Gasteiger partial charge in [0.05, 0.1) is 0 Å². The number of hydrogen-bond acceptors (Lipinski definition) is 1. The van der Waals surface area contributed by atoms with Gasteiger partial charge in [-0.1, -0.05) is 71.0 Å². The van der Waals surface area contributed by atoms with E-state index in [1.807, 2.05) is 0 Å². The molecule has 21 heavy (non-hydrogen) atoms. The second-order valence-electron chi connectivity index (χ2n) is 7.38. The molecule has 0 saturated heterocycles. The Morgan fingerprint density at radius 2 is 1.81 bits per heavy atom. The van der Waals surface area contributed by atoms with Crippen molar-refractivity contribution in [3.8, 4) is 0 Å². The Bertz CT molecular complexity index is 590. The van der Waals surface area contributed by atoms with Gasteiger partial charge in [0.1, 0.15) is 0 Å². The Kier molecular flexibility index (Phi) is 3.81. The summed E-state index contributed by atoms with van der Waals surface area (Å²) in [6.07, 6.45) is 3.78. The highest BCUT2D eigenvalue weighted by Gasteiger charge is 2.43. The molecular weight excluding hydrogens is 272 g/mol. The van der Waals surface area contributed by atoms with Crippen molar-refractivity contribution in [2.45, 2.75) is 46.3 Å². The molecule has 0 amide bonds. The van der Waals surface area contributed by atoms with Crippen molar-refractivity contribution in [2.75, 3.05) is 0 Å². The fourth-order valence-electron chi connectivity index (χ4n) is 4.02. The van der Waals surface area contributed by atoms with E-state index in [-0.39, 0.29) is 5.41 Å². The van der Waals surface area contributed by atoms with E-state index in [1.165, 1.54) is 17.6 Å². The van der Waals surface area contributed by atoms with Gasteiger partial charge in [0.25, 0.3) is 0 Å². The van der Waals surface area contributed by atoms with E-state index in [4.69, 9.17) is 0 Å². The molecule has 1 aliphatic heterocycles. The van der Waals surface area contributed by atoms with Gasteiger partial charge in [-0.3, -0.25) is 0 Å². The molecule has 0 fully saturated rings. The second-order valence-corrected chi connectivity index (χ2v) is 8.83. The Balaban J connectivity index is 2.14. The minimum absolute atomic E-state index is 0.275. The minimum Gasteiger partial charge on any atom is -0.126 e. The summed E-state index contributed by atoms with van der Waals surface area (Å²) >= 11 is 2.11. The van der Waals surface area contributed by atoms with Gasteiger partial charge in [-0.25, -0.2) is 0 Å². The maximum Gasteiger partial charge on any atom is 0.0104 e. The Labute approximate surface area is 133 Å². The molecule has 112 valence electrons. The van der Waals surface area contributed by atoms with Crippen molar-refractivity contribution in [1.82, 2.24) is 0 Å². The van der Waals surface area contributed by atoms with Gasteiger partial charge in [-0.15, -0.1) is 11.8 Å². The molecule has 0 saturated carbocycles. The summed E-state index contributed by atoms with van der Waals surface area (Å²) in [7, 11) is 0. The highest BCUT2D eigenvalue weighted by atomic mass is 32.2. The summed E-state index contributed by atoms with van der Waals surface area (Å²) in [6.45, 7) is 12.0. The van der Waals surface area contributed by atoms with E-state index in [0.717, 1.165) is 0 Å². The molecule has 0 spiro atoms. The van der Waals surface area contributed by atoms with Crippen LogP contribution in [-0.2, 0) is 0 Å². The second kappa shape index (κ2) is 5.35. The fourth-order valence-corrected chi connectivity index (χ4v) is 5.45. The molecule has 1 heteroatoms. The lowest BCUT2D eigenvalue weighted by Gasteiger charge is -2.41. The van der Waals surface area contributed by atoms with Crippen molar-refractivity contribution in [2.24, 2.45) is 17.3 Å². The number of allylic oxidation sites excluding steroid dienone is 4. The summed E-state index contributed by atoms with van der Waals surface area (Å²) in [6, 6.07) is 11.0. The topological polar surface area (TPSA) is 0 Å². The number of thioether (sulfide) groups is 1. The molecule has 0 N–H and O–H groups in total. The monoisotopic (exact) mass is 298 g/mol. The van der Waals surface area contributed by atoms with Crippen LogP contribution in [0.1, 0.15) is 46.6 Å². The maximum atomic E-state index is 2.57. The first-order chi connectivity index (χ1) is 9.91. The predicted octanol–water partition coefficient (Wildman–Crippen LogP) is 6.16. The van der Waals surface area contributed by atoms with Crippen LogP contribution in [0.15, 0.2) is 46.9 Å². The average molecular weight is 298 g/mol. The van der Waals surface area contributed by atoms with E-state index in [9.17, 15) is 0 Å². The van der Waals surface area contributed by atoms with Crippen molar-refractivity contribution in [3.63, 3.8) is 0 Å². The maximum absolute atomic E-state index is 2.57. The molecule has 1 heterocycles. The zero-order valence-electron chi connectivity index (χ0n) is 13.8. The highest BCUT2D eigenvalue weighted by Crippen LogP contribution is 2.58. The molecule has 2 unspecified atom stereocenters. The van der Waals surface area contributed by atoms with Gasteiger partial charge in [-0.05, 0) is 39.9 Å². The van der Waals surface area contributed by atoms with Crippen LogP contribution in [-0.4, -0.2) is 5.25 Å². The number of benzene rings is 1. The largest absolute Gasteiger partial charge is 0.126 e. The van der Waals surface area contributed by atoms with Crippen LogP contribution in [0, 0.1) is 17.3 Å². The molecule has 1 aromatic rings. The summed E-state index contributed by atoms with van der Waals surface area (Å²) in [5.41, 5.74) is 4.78.